The third kappa shape index (κ3) is 6.22. The quantitative estimate of drug-likeness (QED) is 0.451. The first kappa shape index (κ1) is 28.1. The van der Waals surface area contributed by atoms with Crippen molar-refractivity contribution in [2.24, 2.45) is 0 Å². The number of likely N-dealkylation sites (N-methyl/N-ethyl adjacent to an activating group) is 1. The van der Waals surface area contributed by atoms with Crippen molar-refractivity contribution in [1.29, 1.82) is 0 Å². The molecular weight excluding hydrogens is 525 g/mol. The number of aromatic nitrogens is 2. The summed E-state index contributed by atoms with van der Waals surface area (Å²) in [6.07, 6.45) is 0. The molecule has 2 heterocycles. The predicted molar refractivity (Wildman–Crippen MR) is 152 cm³/mol. The van der Waals surface area contributed by atoms with E-state index in [1.165, 1.54) is 28.8 Å². The number of anilines is 1. The summed E-state index contributed by atoms with van der Waals surface area (Å²) in [5, 5.41) is 8.25. The van der Waals surface area contributed by atoms with E-state index in [1.807, 2.05) is 43.3 Å². The maximum Gasteiger partial charge on any atom is 0.240 e. The molecule has 0 bridgehead atoms. The van der Waals surface area contributed by atoms with Crippen LogP contribution in [0.5, 0.6) is 0 Å². The van der Waals surface area contributed by atoms with E-state index in [4.69, 9.17) is 16.7 Å². The van der Waals surface area contributed by atoms with Gasteiger partial charge in [0, 0.05) is 29.1 Å². The second-order valence-corrected chi connectivity index (χ2v) is 12.1. The van der Waals surface area contributed by atoms with Crippen molar-refractivity contribution in [2.75, 3.05) is 44.4 Å². The van der Waals surface area contributed by atoms with E-state index in [1.54, 1.807) is 16.8 Å². The van der Waals surface area contributed by atoms with Crippen LogP contribution in [0.25, 0.3) is 5.69 Å². The van der Waals surface area contributed by atoms with Crippen molar-refractivity contribution in [2.45, 2.75) is 31.4 Å². The maximum atomic E-state index is 13.8. The Balaban J connectivity index is 1.92. The highest BCUT2D eigenvalue weighted by molar-refractivity contribution is 8.00. The largest absolute Gasteiger partial charge is 0.353 e. The minimum atomic E-state index is -0.389. The zero-order chi connectivity index (χ0) is 27.6. The number of halogens is 2. The van der Waals surface area contributed by atoms with Crippen LogP contribution in [0.3, 0.4) is 0 Å². The van der Waals surface area contributed by atoms with Crippen molar-refractivity contribution in [3.8, 4) is 5.69 Å². The molecule has 7 nitrogen and oxygen atoms in total. The molecule has 1 aliphatic rings. The standard InChI is InChI=1S/C28H33ClFN5O2S/c1-28(2,3)26-24-25(18-7-6-8-19(29)15-18)38-17-23(37)34(16-22(36)31-13-14-33(4)5)27(24)35(32-26)21-11-9-20(30)10-12-21/h6-12,15,25H,13-14,16-17H2,1-5H3,(H,31,36). The Morgan fingerprint density at radius 2 is 1.92 bits per heavy atom. The van der Waals surface area contributed by atoms with Gasteiger partial charge in [0.25, 0.3) is 0 Å². The van der Waals surface area contributed by atoms with Crippen molar-refractivity contribution in [3.63, 3.8) is 0 Å². The van der Waals surface area contributed by atoms with Gasteiger partial charge in [-0.2, -0.15) is 5.10 Å². The molecule has 0 saturated heterocycles. The van der Waals surface area contributed by atoms with Crippen LogP contribution in [0.15, 0.2) is 48.5 Å². The first-order valence-corrected chi connectivity index (χ1v) is 13.9. The molecule has 3 aromatic rings. The van der Waals surface area contributed by atoms with Gasteiger partial charge in [0.1, 0.15) is 18.2 Å². The van der Waals surface area contributed by atoms with Gasteiger partial charge in [-0.15, -0.1) is 11.8 Å². The number of fused-ring (bicyclic) bond motifs is 1. The molecule has 0 aliphatic carbocycles. The summed E-state index contributed by atoms with van der Waals surface area (Å²) in [4.78, 5) is 30.1. The van der Waals surface area contributed by atoms with Crippen LogP contribution >= 0.6 is 23.4 Å². The lowest BCUT2D eigenvalue weighted by Crippen LogP contribution is -2.43. The van der Waals surface area contributed by atoms with Gasteiger partial charge in [0.2, 0.25) is 11.8 Å². The van der Waals surface area contributed by atoms with Crippen LogP contribution in [0, 0.1) is 5.82 Å². The van der Waals surface area contributed by atoms with Crippen LogP contribution < -0.4 is 10.2 Å². The zero-order valence-corrected chi connectivity index (χ0v) is 23.9. The molecule has 2 amide bonds. The molecule has 0 fully saturated rings. The Morgan fingerprint density at radius 1 is 1.21 bits per heavy atom. The number of carbonyl (C=O) groups excluding carboxylic acids is 2. The highest BCUT2D eigenvalue weighted by atomic mass is 35.5. The molecule has 0 radical (unpaired) electrons. The topological polar surface area (TPSA) is 70.5 Å². The van der Waals surface area contributed by atoms with Gasteiger partial charge in [-0.3, -0.25) is 14.5 Å². The second kappa shape index (κ2) is 11.5. The van der Waals surface area contributed by atoms with E-state index in [0.717, 1.165) is 16.8 Å². The van der Waals surface area contributed by atoms with Crippen LogP contribution in [0.2, 0.25) is 5.02 Å². The van der Waals surface area contributed by atoms with E-state index in [-0.39, 0.29) is 40.6 Å². The molecule has 4 rings (SSSR count). The highest BCUT2D eigenvalue weighted by Crippen LogP contribution is 2.48. The molecule has 0 spiro atoms. The van der Waals surface area contributed by atoms with E-state index in [9.17, 15) is 14.0 Å². The number of nitrogens with one attached hydrogen (secondary N) is 1. The third-order valence-electron chi connectivity index (χ3n) is 6.20. The molecule has 2 aromatic carbocycles. The van der Waals surface area contributed by atoms with E-state index < -0.39 is 0 Å². The van der Waals surface area contributed by atoms with Crippen molar-refractivity contribution >= 4 is 41.0 Å². The van der Waals surface area contributed by atoms with E-state index in [0.29, 0.717) is 29.6 Å². The molecule has 1 aromatic heterocycles. The Morgan fingerprint density at radius 3 is 2.55 bits per heavy atom. The number of nitrogens with zero attached hydrogens (tertiary/aromatic N) is 4. The molecule has 1 aliphatic heterocycles. The van der Waals surface area contributed by atoms with Crippen LogP contribution in [-0.4, -0.2) is 66.0 Å². The smallest absolute Gasteiger partial charge is 0.240 e. The molecule has 202 valence electrons. The normalized spacial score (nSPS) is 15.9. The summed E-state index contributed by atoms with van der Waals surface area (Å²) < 4.78 is 15.5. The molecular formula is C28H33ClFN5O2S. The molecule has 1 unspecified atom stereocenters. The van der Waals surface area contributed by atoms with Crippen LogP contribution in [0.4, 0.5) is 10.2 Å². The van der Waals surface area contributed by atoms with Gasteiger partial charge < -0.3 is 10.2 Å². The van der Waals surface area contributed by atoms with Crippen LogP contribution in [0.1, 0.15) is 42.8 Å². The molecule has 38 heavy (non-hydrogen) atoms. The molecule has 10 heteroatoms. The lowest BCUT2D eigenvalue weighted by Gasteiger charge is -2.24. The maximum absolute atomic E-state index is 13.8. The van der Waals surface area contributed by atoms with E-state index >= 15 is 0 Å². The summed E-state index contributed by atoms with van der Waals surface area (Å²) in [6.45, 7) is 7.18. The second-order valence-electron chi connectivity index (χ2n) is 10.6. The average Bonchev–Trinajstić information content (AvgIpc) is 3.17. The number of amides is 2. The summed E-state index contributed by atoms with van der Waals surface area (Å²) in [6, 6.07) is 13.6. The van der Waals surface area contributed by atoms with Crippen molar-refractivity contribution in [1.82, 2.24) is 20.0 Å². The first-order valence-electron chi connectivity index (χ1n) is 12.4. The predicted octanol–water partition coefficient (Wildman–Crippen LogP) is 4.81. The third-order valence-corrected chi connectivity index (χ3v) is 7.69. The monoisotopic (exact) mass is 557 g/mol. The van der Waals surface area contributed by atoms with Gasteiger partial charge in [-0.1, -0.05) is 44.5 Å². The summed E-state index contributed by atoms with van der Waals surface area (Å²) >= 11 is 7.86. The van der Waals surface area contributed by atoms with Crippen molar-refractivity contribution in [3.05, 3.63) is 76.2 Å². The van der Waals surface area contributed by atoms with Gasteiger partial charge >= 0.3 is 0 Å². The average molecular weight is 558 g/mol. The molecule has 1 atom stereocenters. The highest BCUT2D eigenvalue weighted by Gasteiger charge is 2.40. The number of benzene rings is 2. The fourth-order valence-electron chi connectivity index (χ4n) is 4.39. The Kier molecular flexibility index (Phi) is 8.49. The van der Waals surface area contributed by atoms with Gasteiger partial charge in [0.05, 0.1) is 22.4 Å². The lowest BCUT2D eigenvalue weighted by molar-refractivity contribution is -0.122. The summed E-state index contributed by atoms with van der Waals surface area (Å²) in [5.41, 5.74) is 2.79. The number of hydrogen-bond acceptors (Lipinski definition) is 5. The summed E-state index contributed by atoms with van der Waals surface area (Å²) in [7, 11) is 3.86. The van der Waals surface area contributed by atoms with Crippen LogP contribution in [-0.2, 0) is 15.0 Å². The molecule has 1 N–H and O–H groups in total. The van der Waals surface area contributed by atoms with Gasteiger partial charge in [-0.05, 0) is 56.1 Å². The fraction of sp³-hybridized carbons (Fsp3) is 0.393. The number of carbonyl (C=O) groups is 2. The Labute approximate surface area is 232 Å². The number of thioether (sulfide) groups is 1. The SMILES string of the molecule is CN(C)CCNC(=O)CN1C(=O)CSC(c2cccc(Cl)c2)c2c(C(C)(C)C)nn(-c3ccc(F)cc3)c21. The van der Waals surface area contributed by atoms with Gasteiger partial charge in [-0.25, -0.2) is 9.07 Å². The zero-order valence-electron chi connectivity index (χ0n) is 22.3. The van der Waals surface area contributed by atoms with Crippen molar-refractivity contribution < 1.29 is 14.0 Å². The van der Waals surface area contributed by atoms with E-state index in [2.05, 4.69) is 26.1 Å². The minimum absolute atomic E-state index is 0.154. The number of hydrogen-bond donors (Lipinski definition) is 1. The number of rotatable bonds is 7. The van der Waals surface area contributed by atoms with Gasteiger partial charge in [0.15, 0.2) is 0 Å². The summed E-state index contributed by atoms with van der Waals surface area (Å²) in [5.74, 6) is -0.147. The lowest BCUT2D eigenvalue weighted by atomic mass is 9.87. The first-order chi connectivity index (χ1) is 18.0. The Bertz CT molecular complexity index is 1320. The fourth-order valence-corrected chi connectivity index (χ4v) is 5.77. The molecule has 0 saturated carbocycles. The Hall–Kier alpha value is -2.88. The minimum Gasteiger partial charge on any atom is -0.353 e.